The SMILES string of the molecule is CCC(O)(COC)c1sccc1Br. The molecule has 1 aromatic heterocycles. The van der Waals surface area contributed by atoms with Crippen LogP contribution in [0, 0.1) is 0 Å². The molecule has 1 rings (SSSR count). The first-order valence-corrected chi connectivity index (χ1v) is 5.76. The van der Waals surface area contributed by atoms with Gasteiger partial charge in [-0.3, -0.25) is 0 Å². The van der Waals surface area contributed by atoms with E-state index in [-0.39, 0.29) is 0 Å². The Morgan fingerprint density at radius 3 is 2.77 bits per heavy atom. The third-order valence-corrected chi connectivity index (χ3v) is 4.04. The van der Waals surface area contributed by atoms with Gasteiger partial charge in [-0.2, -0.15) is 0 Å². The molecule has 0 fully saturated rings. The molecule has 0 aliphatic rings. The quantitative estimate of drug-likeness (QED) is 0.907. The van der Waals surface area contributed by atoms with Crippen LogP contribution in [0.25, 0.3) is 0 Å². The largest absolute Gasteiger partial charge is 0.382 e. The van der Waals surface area contributed by atoms with Crippen LogP contribution in [-0.4, -0.2) is 18.8 Å². The van der Waals surface area contributed by atoms with E-state index in [1.54, 1.807) is 18.4 Å². The van der Waals surface area contributed by atoms with Gasteiger partial charge in [-0.1, -0.05) is 6.92 Å². The van der Waals surface area contributed by atoms with E-state index in [2.05, 4.69) is 15.9 Å². The average molecular weight is 265 g/mol. The maximum Gasteiger partial charge on any atom is 0.123 e. The Kier molecular flexibility index (Phi) is 3.91. The highest BCUT2D eigenvalue weighted by molar-refractivity contribution is 9.10. The number of thiophene rings is 1. The second-order valence-electron chi connectivity index (χ2n) is 2.92. The zero-order valence-corrected chi connectivity index (χ0v) is 10.1. The molecule has 13 heavy (non-hydrogen) atoms. The lowest BCUT2D eigenvalue weighted by Crippen LogP contribution is -2.29. The van der Waals surface area contributed by atoms with E-state index in [0.29, 0.717) is 13.0 Å². The minimum absolute atomic E-state index is 0.336. The first kappa shape index (κ1) is 11.2. The first-order chi connectivity index (χ1) is 6.14. The van der Waals surface area contributed by atoms with Crippen molar-refractivity contribution in [2.75, 3.05) is 13.7 Å². The van der Waals surface area contributed by atoms with Crippen LogP contribution in [0.2, 0.25) is 0 Å². The third kappa shape index (κ3) is 2.31. The molecule has 1 N–H and O–H groups in total. The van der Waals surface area contributed by atoms with Crippen LogP contribution in [0.5, 0.6) is 0 Å². The molecule has 0 aliphatic heterocycles. The van der Waals surface area contributed by atoms with E-state index in [1.165, 1.54) is 0 Å². The van der Waals surface area contributed by atoms with Gasteiger partial charge in [0.05, 0.1) is 11.5 Å². The van der Waals surface area contributed by atoms with Gasteiger partial charge in [-0.15, -0.1) is 11.3 Å². The summed E-state index contributed by atoms with van der Waals surface area (Å²) in [4.78, 5) is 0.942. The Labute approximate surface area is 90.7 Å². The van der Waals surface area contributed by atoms with E-state index in [1.807, 2.05) is 18.4 Å². The average Bonchev–Trinajstić information content (AvgIpc) is 2.52. The van der Waals surface area contributed by atoms with E-state index < -0.39 is 5.60 Å². The molecule has 0 aliphatic carbocycles. The second-order valence-corrected chi connectivity index (χ2v) is 4.69. The van der Waals surface area contributed by atoms with Crippen molar-refractivity contribution in [1.82, 2.24) is 0 Å². The van der Waals surface area contributed by atoms with E-state index in [4.69, 9.17) is 4.74 Å². The zero-order valence-electron chi connectivity index (χ0n) is 7.71. The fourth-order valence-corrected chi connectivity index (χ4v) is 3.09. The highest BCUT2D eigenvalue weighted by Gasteiger charge is 2.30. The molecule has 2 nitrogen and oxygen atoms in total. The molecule has 0 spiro atoms. The molecule has 4 heteroatoms. The normalized spacial score (nSPS) is 15.7. The summed E-state index contributed by atoms with van der Waals surface area (Å²) in [5.41, 5.74) is -0.845. The van der Waals surface area contributed by atoms with Crippen LogP contribution in [-0.2, 0) is 10.3 Å². The molecule has 0 bridgehead atoms. The van der Waals surface area contributed by atoms with Gasteiger partial charge >= 0.3 is 0 Å². The summed E-state index contributed by atoms with van der Waals surface area (Å²) in [5, 5.41) is 12.2. The summed E-state index contributed by atoms with van der Waals surface area (Å²) in [6.45, 7) is 2.29. The standard InChI is InChI=1S/C9H13BrO2S/c1-3-9(11,6-12-2)8-7(10)4-5-13-8/h4-5,11H,3,6H2,1-2H3. The molecular weight excluding hydrogens is 252 g/mol. The summed E-state index contributed by atoms with van der Waals surface area (Å²) in [6, 6.07) is 1.94. The van der Waals surface area contributed by atoms with Gasteiger partial charge in [0.15, 0.2) is 0 Å². The minimum atomic E-state index is -0.845. The monoisotopic (exact) mass is 264 g/mol. The van der Waals surface area contributed by atoms with Crippen molar-refractivity contribution >= 4 is 27.3 Å². The van der Waals surface area contributed by atoms with Crippen molar-refractivity contribution < 1.29 is 9.84 Å². The fraction of sp³-hybridized carbons (Fsp3) is 0.556. The third-order valence-electron chi connectivity index (χ3n) is 2.01. The maximum absolute atomic E-state index is 10.2. The highest BCUT2D eigenvalue weighted by Crippen LogP contribution is 2.35. The Hall–Kier alpha value is 0.100. The lowest BCUT2D eigenvalue weighted by molar-refractivity contribution is -0.0363. The van der Waals surface area contributed by atoms with Crippen LogP contribution in [0.4, 0.5) is 0 Å². The molecule has 0 saturated heterocycles. The van der Waals surface area contributed by atoms with Crippen LogP contribution in [0.15, 0.2) is 15.9 Å². The topological polar surface area (TPSA) is 29.5 Å². The maximum atomic E-state index is 10.2. The van der Waals surface area contributed by atoms with Gasteiger partial charge in [-0.25, -0.2) is 0 Å². The van der Waals surface area contributed by atoms with Crippen molar-refractivity contribution in [2.24, 2.45) is 0 Å². The minimum Gasteiger partial charge on any atom is -0.382 e. The van der Waals surface area contributed by atoms with Gasteiger partial charge in [0.25, 0.3) is 0 Å². The molecule has 0 saturated carbocycles. The molecule has 1 atom stereocenters. The number of rotatable bonds is 4. The highest BCUT2D eigenvalue weighted by atomic mass is 79.9. The van der Waals surface area contributed by atoms with Gasteiger partial charge in [-0.05, 0) is 33.8 Å². The molecule has 0 aromatic carbocycles. The molecular formula is C9H13BrO2S. The van der Waals surface area contributed by atoms with Crippen LogP contribution >= 0.6 is 27.3 Å². The number of methoxy groups -OCH3 is 1. The lowest BCUT2D eigenvalue weighted by Gasteiger charge is -2.25. The van der Waals surface area contributed by atoms with Crippen LogP contribution in [0.1, 0.15) is 18.2 Å². The van der Waals surface area contributed by atoms with Crippen molar-refractivity contribution in [3.05, 3.63) is 20.8 Å². The molecule has 0 amide bonds. The summed E-state index contributed by atoms with van der Waals surface area (Å²) in [6.07, 6.45) is 0.653. The van der Waals surface area contributed by atoms with E-state index >= 15 is 0 Å². The molecule has 74 valence electrons. The smallest absolute Gasteiger partial charge is 0.123 e. The number of ether oxygens (including phenoxy) is 1. The van der Waals surface area contributed by atoms with Crippen molar-refractivity contribution in [3.8, 4) is 0 Å². The summed E-state index contributed by atoms with van der Waals surface area (Å²) < 4.78 is 5.97. The van der Waals surface area contributed by atoms with Gasteiger partial charge < -0.3 is 9.84 Å². The predicted octanol–water partition coefficient (Wildman–Crippen LogP) is 2.75. The van der Waals surface area contributed by atoms with Crippen LogP contribution in [0.3, 0.4) is 0 Å². The fourth-order valence-electron chi connectivity index (χ4n) is 1.19. The van der Waals surface area contributed by atoms with Crippen molar-refractivity contribution in [2.45, 2.75) is 18.9 Å². The van der Waals surface area contributed by atoms with Crippen molar-refractivity contribution in [3.63, 3.8) is 0 Å². The number of hydrogen-bond donors (Lipinski definition) is 1. The summed E-state index contributed by atoms with van der Waals surface area (Å²) >= 11 is 4.95. The number of hydrogen-bond acceptors (Lipinski definition) is 3. The molecule has 1 heterocycles. The van der Waals surface area contributed by atoms with Crippen LogP contribution < -0.4 is 0 Å². The Morgan fingerprint density at radius 1 is 1.69 bits per heavy atom. The second kappa shape index (κ2) is 4.55. The zero-order chi connectivity index (χ0) is 9.90. The van der Waals surface area contributed by atoms with Gasteiger partial charge in [0.2, 0.25) is 0 Å². The molecule has 1 unspecified atom stereocenters. The van der Waals surface area contributed by atoms with Gasteiger partial charge in [0, 0.05) is 11.6 Å². The van der Waals surface area contributed by atoms with Crippen molar-refractivity contribution in [1.29, 1.82) is 0 Å². The number of aliphatic hydroxyl groups is 1. The predicted molar refractivity (Wildman–Crippen MR) is 58.1 cm³/mol. The summed E-state index contributed by atoms with van der Waals surface area (Å²) in [7, 11) is 1.60. The van der Waals surface area contributed by atoms with E-state index in [9.17, 15) is 5.11 Å². The number of halogens is 1. The summed E-state index contributed by atoms with van der Waals surface area (Å²) in [5.74, 6) is 0. The first-order valence-electron chi connectivity index (χ1n) is 4.09. The Balaban J connectivity index is 2.95. The lowest BCUT2D eigenvalue weighted by atomic mass is 10.0. The Morgan fingerprint density at radius 2 is 2.38 bits per heavy atom. The van der Waals surface area contributed by atoms with Gasteiger partial charge in [0.1, 0.15) is 5.60 Å². The Bertz CT molecular complexity index is 274. The van der Waals surface area contributed by atoms with E-state index in [0.717, 1.165) is 9.35 Å². The molecule has 1 aromatic rings. The molecule has 0 radical (unpaired) electrons.